The number of hydrogen-bond acceptors (Lipinski definition) is 5. The molecule has 0 fully saturated rings. The molecule has 0 aliphatic carbocycles. The van der Waals surface area contributed by atoms with E-state index in [1.54, 1.807) is 54.5 Å². The van der Waals surface area contributed by atoms with Gasteiger partial charge in [-0.3, -0.25) is 4.79 Å². The average Bonchev–Trinajstić information content (AvgIpc) is 3.27. The van der Waals surface area contributed by atoms with E-state index < -0.39 is 5.60 Å². The summed E-state index contributed by atoms with van der Waals surface area (Å²) in [6.45, 7) is 0. The fourth-order valence-electron chi connectivity index (χ4n) is 4.11. The van der Waals surface area contributed by atoms with Crippen LogP contribution in [0.5, 0.6) is 0 Å². The number of fused-ring (bicyclic) bond motifs is 1. The summed E-state index contributed by atoms with van der Waals surface area (Å²) in [5.74, 6) is 0. The first-order chi connectivity index (χ1) is 16.3. The van der Waals surface area contributed by atoms with E-state index in [4.69, 9.17) is 16.6 Å². The minimum atomic E-state index is -1.59. The molecule has 0 amide bonds. The molecule has 4 heterocycles. The third-order valence-corrected chi connectivity index (χ3v) is 6.83. The van der Waals surface area contributed by atoms with E-state index in [-0.39, 0.29) is 5.56 Å². The molecule has 4 aromatic heterocycles. The number of hydrogen-bond donors (Lipinski definition) is 1. The predicted molar refractivity (Wildman–Crippen MR) is 140 cm³/mol. The summed E-state index contributed by atoms with van der Waals surface area (Å²) in [7, 11) is 3.51. The number of rotatable bonds is 4. The Labute approximate surface area is 213 Å². The lowest BCUT2D eigenvalue weighted by molar-refractivity contribution is 0.113. The topological polar surface area (TPSA) is 85.8 Å². The van der Waals surface area contributed by atoms with Crippen molar-refractivity contribution in [2.45, 2.75) is 5.60 Å². The highest BCUT2D eigenvalue weighted by Crippen LogP contribution is 2.37. The van der Waals surface area contributed by atoms with E-state index in [1.807, 2.05) is 31.3 Å². The lowest BCUT2D eigenvalue weighted by Gasteiger charge is -2.29. The summed E-state index contributed by atoms with van der Waals surface area (Å²) in [6, 6.07) is 17.9. The van der Waals surface area contributed by atoms with Gasteiger partial charge in [0.1, 0.15) is 5.15 Å². The average molecular weight is 584 g/mol. The van der Waals surface area contributed by atoms with Gasteiger partial charge in [0.25, 0.3) is 5.56 Å². The number of aromatic nitrogens is 5. The van der Waals surface area contributed by atoms with Crippen molar-refractivity contribution >= 4 is 45.2 Å². The van der Waals surface area contributed by atoms with Gasteiger partial charge in [-0.05, 0) is 64.6 Å². The van der Waals surface area contributed by atoms with Crippen molar-refractivity contribution in [1.29, 1.82) is 0 Å². The van der Waals surface area contributed by atoms with Crippen LogP contribution in [0.15, 0.2) is 78.0 Å². The first-order valence-electron chi connectivity index (χ1n) is 10.4. The lowest BCUT2D eigenvalue weighted by Crippen LogP contribution is -2.32. The van der Waals surface area contributed by atoms with Crippen molar-refractivity contribution in [3.8, 4) is 11.3 Å². The summed E-state index contributed by atoms with van der Waals surface area (Å²) in [4.78, 5) is 26.2. The van der Waals surface area contributed by atoms with Gasteiger partial charge in [-0.2, -0.15) is 0 Å². The summed E-state index contributed by atoms with van der Waals surface area (Å²) in [5.41, 5.74) is 2.03. The molecule has 5 rings (SSSR count). The number of imidazole rings is 1. The van der Waals surface area contributed by atoms with Crippen molar-refractivity contribution in [3.05, 3.63) is 109 Å². The standard InChI is InChI=1S/C25H19ClIN5O2/c1-31-14-28-13-21(31)25(34,15-6-8-16(27)9-7-15)20-11-10-19-24(30-20)17(12-23(33)32(19)2)18-4-3-5-22(26)29-18/h3-14,34H,1-2H3/t25-/m1/s1. The highest BCUT2D eigenvalue weighted by atomic mass is 127. The summed E-state index contributed by atoms with van der Waals surface area (Å²) in [6.07, 6.45) is 3.27. The zero-order chi connectivity index (χ0) is 24.0. The Balaban J connectivity index is 1.84. The van der Waals surface area contributed by atoms with Gasteiger partial charge in [0.2, 0.25) is 0 Å². The van der Waals surface area contributed by atoms with E-state index in [0.717, 1.165) is 3.57 Å². The highest BCUT2D eigenvalue weighted by Gasteiger charge is 2.38. The summed E-state index contributed by atoms with van der Waals surface area (Å²) in [5, 5.41) is 12.6. The molecule has 5 aromatic rings. The first kappa shape index (κ1) is 22.7. The number of nitrogens with zero attached hydrogens (tertiary/aromatic N) is 5. The second kappa shape index (κ2) is 8.61. The van der Waals surface area contributed by atoms with Gasteiger partial charge in [-0.1, -0.05) is 29.8 Å². The van der Waals surface area contributed by atoms with Crippen molar-refractivity contribution < 1.29 is 5.11 Å². The molecule has 1 aromatic carbocycles. The van der Waals surface area contributed by atoms with Gasteiger partial charge in [-0.25, -0.2) is 15.0 Å². The third-order valence-electron chi connectivity index (χ3n) is 5.90. The van der Waals surface area contributed by atoms with E-state index in [2.05, 4.69) is 32.6 Å². The zero-order valence-corrected chi connectivity index (χ0v) is 21.2. The zero-order valence-electron chi connectivity index (χ0n) is 18.3. The van der Waals surface area contributed by atoms with Crippen molar-refractivity contribution in [2.75, 3.05) is 0 Å². The van der Waals surface area contributed by atoms with Gasteiger partial charge in [0.15, 0.2) is 5.60 Å². The monoisotopic (exact) mass is 583 g/mol. The quantitative estimate of drug-likeness (QED) is 0.252. The Kier molecular flexibility index (Phi) is 5.75. The van der Waals surface area contributed by atoms with Crippen LogP contribution in [-0.4, -0.2) is 29.2 Å². The Bertz CT molecular complexity index is 1600. The van der Waals surface area contributed by atoms with Gasteiger partial charge < -0.3 is 14.2 Å². The molecule has 0 unspecified atom stereocenters. The maximum Gasteiger partial charge on any atom is 0.251 e. The molecular formula is C25H19ClIN5O2. The number of pyridine rings is 3. The van der Waals surface area contributed by atoms with Crippen LogP contribution in [0.1, 0.15) is 17.0 Å². The van der Waals surface area contributed by atoms with Crippen LogP contribution < -0.4 is 5.56 Å². The molecule has 170 valence electrons. The Morgan fingerprint density at radius 1 is 1.03 bits per heavy atom. The summed E-state index contributed by atoms with van der Waals surface area (Å²) < 4.78 is 4.34. The largest absolute Gasteiger partial charge is 0.373 e. The van der Waals surface area contributed by atoms with Crippen LogP contribution in [0.4, 0.5) is 0 Å². The van der Waals surface area contributed by atoms with Crippen LogP contribution in [0.25, 0.3) is 22.3 Å². The molecule has 0 spiro atoms. The minimum absolute atomic E-state index is 0.196. The molecule has 0 aliphatic heterocycles. The molecule has 34 heavy (non-hydrogen) atoms. The summed E-state index contributed by atoms with van der Waals surface area (Å²) >= 11 is 8.36. The molecule has 0 saturated heterocycles. The maximum atomic E-state index is 12.7. The fourth-order valence-corrected chi connectivity index (χ4v) is 4.63. The molecule has 7 nitrogen and oxygen atoms in total. The molecule has 9 heteroatoms. The van der Waals surface area contributed by atoms with Crippen molar-refractivity contribution in [3.63, 3.8) is 0 Å². The molecule has 0 radical (unpaired) electrons. The molecule has 0 bridgehead atoms. The maximum absolute atomic E-state index is 12.7. The number of benzene rings is 1. The van der Waals surface area contributed by atoms with E-state index in [0.29, 0.717) is 44.4 Å². The van der Waals surface area contributed by atoms with Crippen molar-refractivity contribution in [2.24, 2.45) is 14.1 Å². The van der Waals surface area contributed by atoms with Gasteiger partial charge in [0.05, 0.1) is 40.6 Å². The third kappa shape index (κ3) is 3.71. The smallest absolute Gasteiger partial charge is 0.251 e. The number of halogens is 2. The predicted octanol–water partition coefficient (Wildman–Crippen LogP) is 4.27. The second-order valence-electron chi connectivity index (χ2n) is 7.97. The SMILES string of the molecule is Cn1cncc1[C@@](O)(c1ccc(I)cc1)c1ccc2c(n1)c(-c1cccc(Cl)n1)cc(=O)n2C. The van der Waals surface area contributed by atoms with Crippen LogP contribution in [0.3, 0.4) is 0 Å². The minimum Gasteiger partial charge on any atom is -0.373 e. The van der Waals surface area contributed by atoms with Gasteiger partial charge in [0, 0.05) is 29.3 Å². The second-order valence-corrected chi connectivity index (χ2v) is 9.61. The molecular weight excluding hydrogens is 565 g/mol. The van der Waals surface area contributed by atoms with Gasteiger partial charge in [-0.15, -0.1) is 0 Å². The fraction of sp³-hybridized carbons (Fsp3) is 0.120. The van der Waals surface area contributed by atoms with Crippen LogP contribution in [0.2, 0.25) is 5.15 Å². The van der Waals surface area contributed by atoms with E-state index in [1.165, 1.54) is 10.6 Å². The van der Waals surface area contributed by atoms with Gasteiger partial charge >= 0.3 is 0 Å². The van der Waals surface area contributed by atoms with E-state index >= 15 is 0 Å². The molecule has 0 saturated carbocycles. The van der Waals surface area contributed by atoms with Crippen LogP contribution >= 0.6 is 34.2 Å². The molecule has 1 atom stereocenters. The Morgan fingerprint density at radius 2 is 1.79 bits per heavy atom. The van der Waals surface area contributed by atoms with Crippen LogP contribution in [0, 0.1) is 3.57 Å². The van der Waals surface area contributed by atoms with Crippen molar-refractivity contribution in [1.82, 2.24) is 24.1 Å². The normalized spacial score (nSPS) is 13.2. The Hall–Kier alpha value is -3.08. The molecule has 1 N–H and O–H groups in total. The highest BCUT2D eigenvalue weighted by molar-refractivity contribution is 14.1. The molecule has 0 aliphatic rings. The first-order valence-corrected chi connectivity index (χ1v) is 11.8. The van der Waals surface area contributed by atoms with E-state index in [9.17, 15) is 9.90 Å². The Morgan fingerprint density at radius 3 is 2.47 bits per heavy atom. The lowest BCUT2D eigenvalue weighted by atomic mass is 9.86. The number of aryl methyl sites for hydroxylation is 2. The van der Waals surface area contributed by atoms with Crippen LogP contribution in [-0.2, 0) is 19.7 Å². The number of aliphatic hydroxyl groups is 1.